The molecular formula is C31H26FN7O2. The number of pyridine rings is 3. The molecule has 6 aromatic rings. The topological polar surface area (TPSA) is 132 Å². The van der Waals surface area contributed by atoms with Gasteiger partial charge in [0.2, 0.25) is 5.91 Å². The lowest BCUT2D eigenvalue weighted by Gasteiger charge is -2.20. The van der Waals surface area contributed by atoms with Gasteiger partial charge in [0.1, 0.15) is 17.3 Å². The summed E-state index contributed by atoms with van der Waals surface area (Å²) in [6, 6.07) is 9.76. The molecule has 0 radical (unpaired) electrons. The number of aromatic hydroxyl groups is 1. The number of nitrogens with one attached hydrogen (secondary N) is 3. The van der Waals surface area contributed by atoms with Crippen LogP contribution >= 0.6 is 0 Å². The summed E-state index contributed by atoms with van der Waals surface area (Å²) in [5.41, 5.74) is 6.25. The number of hydrogen-bond donors (Lipinski definition) is 4. The zero-order chi connectivity index (χ0) is 27.9. The van der Waals surface area contributed by atoms with Crippen molar-refractivity contribution in [3.8, 4) is 39.4 Å². The minimum absolute atomic E-state index is 0.0514. The van der Waals surface area contributed by atoms with Crippen molar-refractivity contribution >= 4 is 33.5 Å². The molecule has 41 heavy (non-hydrogen) atoms. The predicted molar refractivity (Wildman–Crippen MR) is 154 cm³/mol. The molecule has 0 saturated heterocycles. The van der Waals surface area contributed by atoms with Crippen molar-refractivity contribution in [2.24, 2.45) is 5.92 Å². The second kappa shape index (κ2) is 10.1. The first-order chi connectivity index (χ1) is 20.0. The summed E-state index contributed by atoms with van der Waals surface area (Å²) in [4.78, 5) is 29.4. The number of carbonyl (C=O) groups is 1. The quantitative estimate of drug-likeness (QED) is 0.192. The SMILES string of the molecule is O=C(Nc1cncc(-c2cnc3[nH]nc(-c4cc5c(-c6cc(O)cc(F)c6)cncc5[nH]4)c3c2)c1)C1CCCCC1. The van der Waals surface area contributed by atoms with Gasteiger partial charge in [0.15, 0.2) is 5.65 Å². The number of phenols is 1. The van der Waals surface area contributed by atoms with Crippen molar-refractivity contribution in [1.82, 2.24) is 30.1 Å². The number of amides is 1. The van der Waals surface area contributed by atoms with Gasteiger partial charge in [-0.15, -0.1) is 0 Å². The van der Waals surface area contributed by atoms with Crippen molar-refractivity contribution in [3.05, 3.63) is 73.2 Å². The monoisotopic (exact) mass is 547 g/mol. The molecule has 7 rings (SSSR count). The van der Waals surface area contributed by atoms with Crippen LogP contribution in [0.1, 0.15) is 32.1 Å². The Balaban J connectivity index is 1.23. The summed E-state index contributed by atoms with van der Waals surface area (Å²) in [5.74, 6) is -0.582. The molecule has 4 N–H and O–H groups in total. The molecule has 1 aromatic carbocycles. The highest BCUT2D eigenvalue weighted by atomic mass is 19.1. The largest absolute Gasteiger partial charge is 0.508 e. The number of nitrogens with zero attached hydrogens (tertiary/aromatic N) is 4. The fraction of sp³-hybridized carbons (Fsp3) is 0.194. The van der Waals surface area contributed by atoms with Gasteiger partial charge in [0.25, 0.3) is 0 Å². The third kappa shape index (κ3) is 4.77. The molecular weight excluding hydrogens is 521 g/mol. The number of hydrogen-bond acceptors (Lipinski definition) is 6. The Morgan fingerprint density at radius 3 is 2.56 bits per heavy atom. The predicted octanol–water partition coefficient (Wildman–Crippen LogP) is 6.59. The smallest absolute Gasteiger partial charge is 0.227 e. The van der Waals surface area contributed by atoms with Crippen LogP contribution in [0.25, 0.3) is 55.6 Å². The summed E-state index contributed by atoms with van der Waals surface area (Å²) in [6.45, 7) is 0. The van der Waals surface area contributed by atoms with Crippen LogP contribution in [0.5, 0.6) is 5.75 Å². The van der Waals surface area contributed by atoms with Gasteiger partial charge in [0.05, 0.1) is 29.3 Å². The van der Waals surface area contributed by atoms with Gasteiger partial charge in [-0.25, -0.2) is 9.37 Å². The average Bonchev–Trinajstić information content (AvgIpc) is 3.61. The van der Waals surface area contributed by atoms with Gasteiger partial charge in [-0.3, -0.25) is 19.9 Å². The van der Waals surface area contributed by atoms with E-state index in [1.807, 2.05) is 18.2 Å². The van der Waals surface area contributed by atoms with E-state index in [0.717, 1.165) is 64.9 Å². The lowest BCUT2D eigenvalue weighted by atomic mass is 9.88. The van der Waals surface area contributed by atoms with Crippen LogP contribution in [0, 0.1) is 11.7 Å². The molecule has 0 unspecified atom stereocenters. The van der Waals surface area contributed by atoms with Crippen LogP contribution < -0.4 is 5.32 Å². The molecule has 204 valence electrons. The Morgan fingerprint density at radius 1 is 0.878 bits per heavy atom. The molecule has 1 fully saturated rings. The zero-order valence-electron chi connectivity index (χ0n) is 22.0. The molecule has 5 heterocycles. The lowest BCUT2D eigenvalue weighted by Crippen LogP contribution is -2.24. The third-order valence-electron chi connectivity index (χ3n) is 7.73. The Labute approximate surface area is 233 Å². The maximum atomic E-state index is 14.0. The van der Waals surface area contributed by atoms with Crippen molar-refractivity contribution < 1.29 is 14.3 Å². The van der Waals surface area contributed by atoms with Gasteiger partial charge in [-0.1, -0.05) is 19.3 Å². The Morgan fingerprint density at radius 2 is 1.71 bits per heavy atom. The molecule has 5 aromatic heterocycles. The summed E-state index contributed by atoms with van der Waals surface area (Å²) in [6.07, 6.45) is 13.7. The summed E-state index contributed by atoms with van der Waals surface area (Å²) in [5, 5.41) is 22.1. The van der Waals surface area contributed by atoms with Crippen LogP contribution in [-0.4, -0.2) is 41.1 Å². The summed E-state index contributed by atoms with van der Waals surface area (Å²) < 4.78 is 14.0. The number of fused-ring (bicyclic) bond motifs is 2. The fourth-order valence-corrected chi connectivity index (χ4v) is 5.68. The standard InChI is InChI=1S/C31H26FN7O2/c32-21-6-18(8-23(40)10-21)26-15-34-16-28-24(26)11-27(37-28)29-25-9-20(13-35-30(25)39-38-29)19-7-22(14-33-12-19)36-31(41)17-4-2-1-3-5-17/h6-17,37,40H,1-5H2,(H,36,41)(H,35,38,39). The number of halogens is 1. The van der Waals surface area contributed by atoms with Crippen LogP contribution in [0.3, 0.4) is 0 Å². The maximum absolute atomic E-state index is 14.0. The summed E-state index contributed by atoms with van der Waals surface area (Å²) >= 11 is 0. The Bertz CT molecular complexity index is 1900. The van der Waals surface area contributed by atoms with E-state index < -0.39 is 5.82 Å². The molecule has 0 bridgehead atoms. The van der Waals surface area contributed by atoms with E-state index in [4.69, 9.17) is 0 Å². The molecule has 9 nitrogen and oxygen atoms in total. The van der Waals surface area contributed by atoms with Gasteiger partial charge in [-0.05, 0) is 48.7 Å². The zero-order valence-corrected chi connectivity index (χ0v) is 22.0. The Kier molecular flexibility index (Phi) is 6.15. The van der Waals surface area contributed by atoms with E-state index in [0.29, 0.717) is 28.2 Å². The number of anilines is 1. The van der Waals surface area contributed by atoms with E-state index in [-0.39, 0.29) is 17.6 Å². The number of aromatic nitrogens is 6. The molecule has 1 amide bonds. The number of rotatable bonds is 5. The van der Waals surface area contributed by atoms with Gasteiger partial charge < -0.3 is 15.4 Å². The van der Waals surface area contributed by atoms with Gasteiger partial charge >= 0.3 is 0 Å². The van der Waals surface area contributed by atoms with E-state index in [2.05, 4.69) is 35.5 Å². The van der Waals surface area contributed by atoms with Gasteiger partial charge in [0, 0.05) is 58.0 Å². The van der Waals surface area contributed by atoms with E-state index in [9.17, 15) is 14.3 Å². The minimum Gasteiger partial charge on any atom is -0.508 e. The highest BCUT2D eigenvalue weighted by Gasteiger charge is 2.21. The number of benzene rings is 1. The highest BCUT2D eigenvalue weighted by Crippen LogP contribution is 2.35. The van der Waals surface area contributed by atoms with Crippen LogP contribution in [0.15, 0.2) is 67.4 Å². The van der Waals surface area contributed by atoms with Crippen LogP contribution in [-0.2, 0) is 4.79 Å². The fourth-order valence-electron chi connectivity index (χ4n) is 5.68. The Hall–Kier alpha value is -5.12. The van der Waals surface area contributed by atoms with Gasteiger partial charge in [-0.2, -0.15) is 5.10 Å². The second-order valence-electron chi connectivity index (χ2n) is 10.5. The van der Waals surface area contributed by atoms with Crippen LogP contribution in [0.2, 0.25) is 0 Å². The lowest BCUT2D eigenvalue weighted by molar-refractivity contribution is -0.120. The van der Waals surface area contributed by atoms with Crippen molar-refractivity contribution in [2.45, 2.75) is 32.1 Å². The average molecular weight is 548 g/mol. The molecule has 0 aliphatic heterocycles. The van der Waals surface area contributed by atoms with Crippen molar-refractivity contribution in [3.63, 3.8) is 0 Å². The van der Waals surface area contributed by atoms with Crippen LogP contribution in [0.4, 0.5) is 10.1 Å². The molecule has 1 aliphatic rings. The second-order valence-corrected chi connectivity index (χ2v) is 10.5. The van der Waals surface area contributed by atoms with Crippen molar-refractivity contribution in [2.75, 3.05) is 5.32 Å². The molecule has 1 saturated carbocycles. The summed E-state index contributed by atoms with van der Waals surface area (Å²) in [7, 11) is 0. The first-order valence-electron chi connectivity index (χ1n) is 13.6. The first-order valence-corrected chi connectivity index (χ1v) is 13.6. The van der Waals surface area contributed by atoms with Crippen molar-refractivity contribution in [1.29, 1.82) is 0 Å². The highest BCUT2D eigenvalue weighted by molar-refractivity contribution is 6.01. The maximum Gasteiger partial charge on any atom is 0.227 e. The molecule has 1 aliphatic carbocycles. The number of aromatic amines is 2. The van der Waals surface area contributed by atoms with E-state index in [1.54, 1.807) is 31.0 Å². The normalized spacial score (nSPS) is 14.1. The number of phenolic OH excluding ortho intramolecular Hbond substituents is 1. The van der Waals surface area contributed by atoms with E-state index in [1.165, 1.54) is 18.6 Å². The molecule has 0 atom stereocenters. The number of H-pyrrole nitrogens is 2. The minimum atomic E-state index is -0.531. The third-order valence-corrected chi connectivity index (χ3v) is 7.73. The molecule has 0 spiro atoms. The number of carbonyl (C=O) groups excluding carboxylic acids is 1. The molecule has 10 heteroatoms. The first kappa shape index (κ1) is 24.9. The van der Waals surface area contributed by atoms with E-state index >= 15 is 0 Å².